The van der Waals surface area contributed by atoms with Crippen molar-refractivity contribution in [1.82, 2.24) is 15.5 Å². The largest absolute Gasteiger partial charge is 0.340 e. The molecule has 29 heavy (non-hydrogen) atoms. The topological polar surface area (TPSA) is 61.4 Å². The molecule has 2 N–H and O–H groups in total. The van der Waals surface area contributed by atoms with Gasteiger partial charge in [-0.2, -0.15) is 0 Å². The van der Waals surface area contributed by atoms with Crippen molar-refractivity contribution < 1.29 is 9.59 Å². The first-order valence-corrected chi connectivity index (χ1v) is 11.0. The van der Waals surface area contributed by atoms with Crippen LogP contribution in [0.4, 0.5) is 4.79 Å². The highest BCUT2D eigenvalue weighted by Crippen LogP contribution is 2.42. The number of hydrogen-bond donors (Lipinski definition) is 2. The van der Waals surface area contributed by atoms with Crippen LogP contribution in [0.15, 0.2) is 24.3 Å². The van der Waals surface area contributed by atoms with Crippen molar-refractivity contribution in [3.05, 3.63) is 35.4 Å². The summed E-state index contributed by atoms with van der Waals surface area (Å²) in [6.45, 7) is 16.0. The lowest BCUT2D eigenvalue weighted by Gasteiger charge is -2.45. The highest BCUT2D eigenvalue weighted by atomic mass is 16.2. The molecule has 162 valence electrons. The third kappa shape index (κ3) is 5.97. The Bertz CT molecular complexity index is 697. The van der Waals surface area contributed by atoms with Gasteiger partial charge in [-0.05, 0) is 49.5 Å². The summed E-state index contributed by atoms with van der Waals surface area (Å²) in [5.74, 6) is 0.476. The van der Waals surface area contributed by atoms with E-state index in [1.54, 1.807) is 0 Å². The van der Waals surface area contributed by atoms with E-state index in [9.17, 15) is 9.59 Å². The minimum atomic E-state index is -0.509. The SMILES string of the molecule is CCC(C)NC(=O)N[C@@H](C(=O)N1CCC(c2ccc(C)cc2)C(C)(C)C1)C(C)C. The molecule has 0 bridgehead atoms. The maximum atomic E-state index is 13.3. The fourth-order valence-corrected chi connectivity index (χ4v) is 4.18. The van der Waals surface area contributed by atoms with Crippen molar-refractivity contribution in [2.24, 2.45) is 11.3 Å². The van der Waals surface area contributed by atoms with Crippen LogP contribution in [0.1, 0.15) is 71.4 Å². The van der Waals surface area contributed by atoms with Gasteiger partial charge in [-0.1, -0.05) is 64.4 Å². The van der Waals surface area contributed by atoms with Crippen LogP contribution in [0.25, 0.3) is 0 Å². The van der Waals surface area contributed by atoms with Crippen molar-refractivity contribution >= 4 is 11.9 Å². The molecule has 3 amide bonds. The second-order valence-corrected chi connectivity index (χ2v) is 9.65. The molecule has 0 spiro atoms. The standard InChI is InChI=1S/C24H39N3O2/c1-8-18(5)25-23(29)26-21(16(2)3)22(28)27-14-13-20(24(6,7)15-27)19-11-9-17(4)10-12-19/h9-12,16,18,20-21H,8,13-15H2,1-7H3,(H2,25,26,29)/t18?,20?,21-/m1/s1. The molecule has 1 aliphatic rings. The Kier molecular flexibility index (Phi) is 7.73. The summed E-state index contributed by atoms with van der Waals surface area (Å²) < 4.78 is 0. The van der Waals surface area contributed by atoms with E-state index in [4.69, 9.17) is 0 Å². The third-order valence-electron chi connectivity index (χ3n) is 6.23. The quantitative estimate of drug-likeness (QED) is 0.739. The molecule has 0 aromatic heterocycles. The summed E-state index contributed by atoms with van der Waals surface area (Å²) in [6.07, 6.45) is 1.79. The minimum absolute atomic E-state index is 0.0229. The maximum Gasteiger partial charge on any atom is 0.315 e. The van der Waals surface area contributed by atoms with E-state index in [1.165, 1.54) is 11.1 Å². The Morgan fingerprint density at radius 3 is 2.28 bits per heavy atom. The number of amides is 3. The molecule has 1 aliphatic heterocycles. The van der Waals surface area contributed by atoms with E-state index in [-0.39, 0.29) is 29.3 Å². The van der Waals surface area contributed by atoms with E-state index in [0.717, 1.165) is 19.4 Å². The van der Waals surface area contributed by atoms with Crippen molar-refractivity contribution in [2.45, 2.75) is 79.3 Å². The summed E-state index contributed by atoms with van der Waals surface area (Å²) in [4.78, 5) is 27.5. The first-order chi connectivity index (χ1) is 13.5. The molecule has 2 rings (SSSR count). The lowest BCUT2D eigenvalue weighted by atomic mass is 9.70. The van der Waals surface area contributed by atoms with Gasteiger partial charge in [0.2, 0.25) is 5.91 Å². The Hall–Kier alpha value is -2.04. The fraction of sp³-hybridized carbons (Fsp3) is 0.667. The van der Waals surface area contributed by atoms with Crippen LogP contribution >= 0.6 is 0 Å². The first kappa shape index (κ1) is 23.2. The number of carbonyl (C=O) groups excluding carboxylic acids is 2. The van der Waals surface area contributed by atoms with Gasteiger partial charge >= 0.3 is 6.03 Å². The van der Waals surface area contributed by atoms with Crippen molar-refractivity contribution in [3.63, 3.8) is 0 Å². The zero-order valence-corrected chi connectivity index (χ0v) is 19.2. The highest BCUT2D eigenvalue weighted by molar-refractivity contribution is 5.87. The summed E-state index contributed by atoms with van der Waals surface area (Å²) >= 11 is 0. The number of rotatable bonds is 6. The molecule has 5 nitrogen and oxygen atoms in total. The molecule has 0 radical (unpaired) electrons. The maximum absolute atomic E-state index is 13.3. The summed E-state index contributed by atoms with van der Waals surface area (Å²) in [5, 5.41) is 5.82. The van der Waals surface area contributed by atoms with Crippen LogP contribution in [-0.2, 0) is 4.79 Å². The molecule has 5 heteroatoms. The van der Waals surface area contributed by atoms with E-state index >= 15 is 0 Å². The normalized spacial score (nSPS) is 20.8. The van der Waals surface area contributed by atoms with Crippen LogP contribution in [0.3, 0.4) is 0 Å². The summed E-state index contributed by atoms with van der Waals surface area (Å²) in [6, 6.07) is 8.08. The molecule has 1 saturated heterocycles. The van der Waals surface area contributed by atoms with Gasteiger partial charge in [0, 0.05) is 19.1 Å². The number of piperidine rings is 1. The number of hydrogen-bond acceptors (Lipinski definition) is 2. The molecule has 0 saturated carbocycles. The molecule has 1 aromatic rings. The highest BCUT2D eigenvalue weighted by Gasteiger charge is 2.40. The fourth-order valence-electron chi connectivity index (χ4n) is 4.18. The number of nitrogens with one attached hydrogen (secondary N) is 2. The molecule has 1 heterocycles. The minimum Gasteiger partial charge on any atom is -0.340 e. The van der Waals surface area contributed by atoms with Gasteiger partial charge in [0.1, 0.15) is 6.04 Å². The van der Waals surface area contributed by atoms with Gasteiger partial charge in [0.25, 0.3) is 0 Å². The van der Waals surface area contributed by atoms with Crippen LogP contribution in [0, 0.1) is 18.3 Å². The second-order valence-electron chi connectivity index (χ2n) is 9.65. The second kappa shape index (κ2) is 9.64. The lowest BCUT2D eigenvalue weighted by Crippen LogP contribution is -2.57. The molecule has 3 atom stereocenters. The van der Waals surface area contributed by atoms with Crippen molar-refractivity contribution in [3.8, 4) is 0 Å². The van der Waals surface area contributed by atoms with Gasteiger partial charge in [-0.3, -0.25) is 4.79 Å². The van der Waals surface area contributed by atoms with E-state index in [0.29, 0.717) is 12.5 Å². The number of likely N-dealkylation sites (tertiary alicyclic amines) is 1. The van der Waals surface area contributed by atoms with Crippen molar-refractivity contribution in [2.75, 3.05) is 13.1 Å². The molecular weight excluding hydrogens is 362 g/mol. The monoisotopic (exact) mass is 401 g/mol. The average Bonchev–Trinajstić information content (AvgIpc) is 2.65. The molecule has 0 aliphatic carbocycles. The van der Waals surface area contributed by atoms with Gasteiger partial charge in [0.15, 0.2) is 0 Å². The zero-order valence-electron chi connectivity index (χ0n) is 19.2. The van der Waals surface area contributed by atoms with Gasteiger partial charge < -0.3 is 15.5 Å². The number of benzene rings is 1. The molecule has 2 unspecified atom stereocenters. The Balaban J connectivity index is 2.08. The van der Waals surface area contributed by atoms with Gasteiger partial charge in [-0.15, -0.1) is 0 Å². The van der Waals surface area contributed by atoms with Crippen LogP contribution < -0.4 is 10.6 Å². The third-order valence-corrected chi connectivity index (χ3v) is 6.23. The lowest BCUT2D eigenvalue weighted by molar-refractivity contribution is -0.137. The van der Waals surface area contributed by atoms with Crippen LogP contribution in [0.2, 0.25) is 0 Å². The average molecular weight is 402 g/mol. The van der Waals surface area contributed by atoms with E-state index in [1.807, 2.05) is 32.6 Å². The number of carbonyl (C=O) groups is 2. The van der Waals surface area contributed by atoms with E-state index < -0.39 is 6.04 Å². The smallest absolute Gasteiger partial charge is 0.315 e. The summed E-state index contributed by atoms with van der Waals surface area (Å²) in [7, 11) is 0. The Morgan fingerprint density at radius 1 is 1.14 bits per heavy atom. The molecular formula is C24H39N3O2. The molecule has 1 aromatic carbocycles. The van der Waals surface area contributed by atoms with Crippen molar-refractivity contribution in [1.29, 1.82) is 0 Å². The number of urea groups is 1. The number of nitrogens with zero attached hydrogens (tertiary/aromatic N) is 1. The first-order valence-electron chi connectivity index (χ1n) is 11.0. The zero-order chi connectivity index (χ0) is 21.8. The van der Waals surface area contributed by atoms with E-state index in [2.05, 4.69) is 55.7 Å². The molecule has 1 fully saturated rings. The van der Waals surface area contributed by atoms with Gasteiger partial charge in [0.05, 0.1) is 0 Å². The predicted molar refractivity (Wildman–Crippen MR) is 119 cm³/mol. The Morgan fingerprint density at radius 2 is 1.76 bits per heavy atom. The Labute approximate surface area is 176 Å². The van der Waals surface area contributed by atoms with Crippen LogP contribution in [-0.4, -0.2) is 42.0 Å². The van der Waals surface area contributed by atoms with Crippen LogP contribution in [0.5, 0.6) is 0 Å². The van der Waals surface area contributed by atoms with Gasteiger partial charge in [-0.25, -0.2) is 4.79 Å². The summed E-state index contributed by atoms with van der Waals surface area (Å²) in [5.41, 5.74) is 2.59. The predicted octanol–water partition coefficient (Wildman–Crippen LogP) is 4.46. The number of aryl methyl sites for hydroxylation is 1.